The summed E-state index contributed by atoms with van der Waals surface area (Å²) in [4.78, 5) is 17.1. The van der Waals surface area contributed by atoms with E-state index < -0.39 is 5.69 Å². The quantitative estimate of drug-likeness (QED) is 0.405. The topological polar surface area (TPSA) is 110 Å². The molecule has 0 aliphatic rings. The number of anilines is 1. The van der Waals surface area contributed by atoms with Crippen LogP contribution < -0.4 is 11.4 Å². The van der Waals surface area contributed by atoms with Crippen LogP contribution in [0.3, 0.4) is 0 Å². The first-order chi connectivity index (χ1) is 6.24. The first-order valence-corrected chi connectivity index (χ1v) is 3.58. The van der Waals surface area contributed by atoms with E-state index in [1.807, 2.05) is 0 Å². The standard InChI is InChI=1S/C6H8N6O/c7-5-1-3-12(6(13)10-5)4-2-9-11-8/h1,3H,2,4H2,(H2,7,10,13). The Kier molecular flexibility index (Phi) is 2.88. The smallest absolute Gasteiger partial charge is 0.349 e. The van der Waals surface area contributed by atoms with E-state index in [2.05, 4.69) is 15.0 Å². The maximum absolute atomic E-state index is 11.1. The second-order valence-electron chi connectivity index (χ2n) is 2.28. The first-order valence-electron chi connectivity index (χ1n) is 3.58. The minimum absolute atomic E-state index is 0.185. The molecule has 13 heavy (non-hydrogen) atoms. The van der Waals surface area contributed by atoms with Crippen LogP contribution in [0.2, 0.25) is 0 Å². The van der Waals surface area contributed by atoms with Crippen molar-refractivity contribution >= 4 is 5.82 Å². The monoisotopic (exact) mass is 180 g/mol. The zero-order valence-corrected chi connectivity index (χ0v) is 6.79. The molecule has 0 amide bonds. The predicted molar refractivity (Wildman–Crippen MR) is 46.9 cm³/mol. The van der Waals surface area contributed by atoms with E-state index in [1.54, 1.807) is 0 Å². The molecule has 1 aromatic heterocycles. The van der Waals surface area contributed by atoms with Crippen LogP contribution in [0.4, 0.5) is 5.82 Å². The van der Waals surface area contributed by atoms with Crippen LogP contribution in [0.1, 0.15) is 0 Å². The van der Waals surface area contributed by atoms with E-state index in [4.69, 9.17) is 11.3 Å². The van der Waals surface area contributed by atoms with E-state index in [1.165, 1.54) is 16.8 Å². The van der Waals surface area contributed by atoms with Crippen molar-refractivity contribution < 1.29 is 0 Å². The Morgan fingerprint density at radius 3 is 3.15 bits per heavy atom. The number of nitrogens with zero attached hydrogens (tertiary/aromatic N) is 5. The van der Waals surface area contributed by atoms with E-state index >= 15 is 0 Å². The molecule has 0 aliphatic heterocycles. The molecule has 0 saturated heterocycles. The largest absolute Gasteiger partial charge is 0.383 e. The van der Waals surface area contributed by atoms with Crippen molar-refractivity contribution in [1.82, 2.24) is 9.55 Å². The summed E-state index contributed by atoms with van der Waals surface area (Å²) in [5.74, 6) is 0.185. The summed E-state index contributed by atoms with van der Waals surface area (Å²) < 4.78 is 1.32. The number of aromatic nitrogens is 2. The van der Waals surface area contributed by atoms with Crippen molar-refractivity contribution in [2.45, 2.75) is 6.54 Å². The molecule has 7 nitrogen and oxygen atoms in total. The summed E-state index contributed by atoms with van der Waals surface area (Å²) >= 11 is 0. The lowest BCUT2D eigenvalue weighted by molar-refractivity contribution is 0.659. The Morgan fingerprint density at radius 2 is 2.54 bits per heavy atom. The van der Waals surface area contributed by atoms with Gasteiger partial charge in [-0.15, -0.1) is 0 Å². The van der Waals surface area contributed by atoms with Crippen LogP contribution in [-0.2, 0) is 6.54 Å². The second kappa shape index (κ2) is 4.13. The molecule has 0 spiro atoms. The highest BCUT2D eigenvalue weighted by molar-refractivity contribution is 5.23. The van der Waals surface area contributed by atoms with Gasteiger partial charge in [-0.25, -0.2) is 4.79 Å². The lowest BCUT2D eigenvalue weighted by Crippen LogP contribution is -2.24. The molecule has 0 atom stereocenters. The number of hydrogen-bond acceptors (Lipinski definition) is 4. The Morgan fingerprint density at radius 1 is 1.77 bits per heavy atom. The molecule has 2 N–H and O–H groups in total. The average Bonchev–Trinajstić information content (AvgIpc) is 2.09. The normalized spacial score (nSPS) is 9.23. The first kappa shape index (κ1) is 9.08. The van der Waals surface area contributed by atoms with E-state index in [0.717, 1.165) is 0 Å². The van der Waals surface area contributed by atoms with Crippen molar-refractivity contribution in [2.24, 2.45) is 5.11 Å². The molecule has 0 aliphatic carbocycles. The highest BCUT2D eigenvalue weighted by atomic mass is 16.1. The fourth-order valence-electron chi connectivity index (χ4n) is 0.809. The molecule has 7 heteroatoms. The number of rotatable bonds is 3. The molecule has 0 fully saturated rings. The summed E-state index contributed by atoms with van der Waals surface area (Å²) in [6.45, 7) is 0.540. The van der Waals surface area contributed by atoms with Gasteiger partial charge >= 0.3 is 5.69 Å². The Labute approximate surface area is 73.4 Å². The van der Waals surface area contributed by atoms with Crippen molar-refractivity contribution in [3.05, 3.63) is 33.2 Å². The van der Waals surface area contributed by atoms with E-state index in [0.29, 0.717) is 6.54 Å². The summed E-state index contributed by atoms with van der Waals surface area (Å²) in [6.07, 6.45) is 1.51. The molecule has 1 aromatic rings. The van der Waals surface area contributed by atoms with Gasteiger partial charge in [0.15, 0.2) is 0 Å². The average molecular weight is 180 g/mol. The van der Waals surface area contributed by atoms with Crippen molar-refractivity contribution in [2.75, 3.05) is 12.3 Å². The molecule has 68 valence electrons. The van der Waals surface area contributed by atoms with Crippen molar-refractivity contribution in [3.63, 3.8) is 0 Å². The highest BCUT2D eigenvalue weighted by Gasteiger charge is 1.95. The SMILES string of the molecule is [N-]=[N+]=NCCn1ccc(N)nc1=O. The maximum atomic E-state index is 11.1. The molecular formula is C6H8N6O. The summed E-state index contributed by atoms with van der Waals surface area (Å²) in [5.41, 5.74) is 12.8. The van der Waals surface area contributed by atoms with Gasteiger partial charge in [-0.2, -0.15) is 4.98 Å². The maximum Gasteiger partial charge on any atom is 0.349 e. The third-order valence-corrected chi connectivity index (χ3v) is 1.40. The summed E-state index contributed by atoms with van der Waals surface area (Å²) in [6, 6.07) is 1.51. The number of azide groups is 1. The fraction of sp³-hybridized carbons (Fsp3) is 0.333. The molecule has 1 rings (SSSR count). The van der Waals surface area contributed by atoms with E-state index in [-0.39, 0.29) is 12.4 Å². The third-order valence-electron chi connectivity index (χ3n) is 1.40. The lowest BCUT2D eigenvalue weighted by Gasteiger charge is -2.00. The molecule has 0 saturated carbocycles. The summed E-state index contributed by atoms with van der Waals surface area (Å²) in [5, 5.41) is 3.29. The molecule has 0 unspecified atom stereocenters. The van der Waals surface area contributed by atoms with Gasteiger partial charge in [-0.3, -0.25) is 4.57 Å². The van der Waals surface area contributed by atoms with Gasteiger partial charge in [0.2, 0.25) is 0 Å². The van der Waals surface area contributed by atoms with Crippen LogP contribution in [0, 0.1) is 0 Å². The van der Waals surface area contributed by atoms with Crippen LogP contribution in [-0.4, -0.2) is 16.1 Å². The zero-order valence-electron chi connectivity index (χ0n) is 6.79. The van der Waals surface area contributed by atoms with Gasteiger partial charge in [0.1, 0.15) is 5.82 Å². The number of hydrogen-bond donors (Lipinski definition) is 1. The van der Waals surface area contributed by atoms with Crippen LogP contribution in [0.15, 0.2) is 22.2 Å². The Balaban J connectivity index is 2.78. The Bertz CT molecular complexity index is 390. The fourth-order valence-corrected chi connectivity index (χ4v) is 0.809. The summed E-state index contributed by atoms with van der Waals surface area (Å²) in [7, 11) is 0. The minimum atomic E-state index is -0.437. The molecule has 1 heterocycles. The molecular weight excluding hydrogens is 172 g/mol. The predicted octanol–water partition coefficient (Wildman–Crippen LogP) is 0.136. The van der Waals surface area contributed by atoms with Gasteiger partial charge in [-0.1, -0.05) is 5.11 Å². The van der Waals surface area contributed by atoms with Crippen LogP contribution in [0.5, 0.6) is 0 Å². The minimum Gasteiger partial charge on any atom is -0.383 e. The van der Waals surface area contributed by atoms with Gasteiger partial charge in [0.05, 0.1) is 0 Å². The molecule has 0 aromatic carbocycles. The van der Waals surface area contributed by atoms with Crippen molar-refractivity contribution in [1.29, 1.82) is 0 Å². The lowest BCUT2D eigenvalue weighted by atomic mass is 10.5. The highest BCUT2D eigenvalue weighted by Crippen LogP contribution is 1.89. The zero-order chi connectivity index (χ0) is 9.68. The van der Waals surface area contributed by atoms with Crippen molar-refractivity contribution in [3.8, 4) is 0 Å². The molecule has 0 radical (unpaired) electrons. The number of nitrogens with two attached hydrogens (primary N) is 1. The van der Waals surface area contributed by atoms with Gasteiger partial charge in [0, 0.05) is 24.2 Å². The Hall–Kier alpha value is -2.01. The van der Waals surface area contributed by atoms with Gasteiger partial charge in [-0.05, 0) is 11.6 Å². The molecule has 0 bridgehead atoms. The van der Waals surface area contributed by atoms with Gasteiger partial charge in [0.25, 0.3) is 0 Å². The third kappa shape index (κ3) is 2.49. The van der Waals surface area contributed by atoms with E-state index in [9.17, 15) is 4.79 Å². The van der Waals surface area contributed by atoms with Gasteiger partial charge < -0.3 is 5.73 Å². The van der Waals surface area contributed by atoms with Crippen LogP contribution >= 0.6 is 0 Å². The van der Waals surface area contributed by atoms with Crippen LogP contribution in [0.25, 0.3) is 10.4 Å². The number of nitrogen functional groups attached to an aromatic ring is 1. The second-order valence-corrected chi connectivity index (χ2v) is 2.28.